The smallest absolute Gasteiger partial charge is 0.231 e. The summed E-state index contributed by atoms with van der Waals surface area (Å²) in [7, 11) is 3.17. The summed E-state index contributed by atoms with van der Waals surface area (Å²) >= 11 is 1.25. The lowest BCUT2D eigenvalue weighted by Gasteiger charge is -2.11. The Morgan fingerprint density at radius 2 is 1.53 bits per heavy atom. The Kier molecular flexibility index (Phi) is 6.34. The number of methoxy groups -OCH3 is 2. The van der Waals surface area contributed by atoms with Crippen molar-refractivity contribution in [3.63, 3.8) is 0 Å². The zero-order valence-electron chi connectivity index (χ0n) is 17.4. The van der Waals surface area contributed by atoms with Crippen LogP contribution in [0.3, 0.4) is 0 Å². The highest BCUT2D eigenvalue weighted by molar-refractivity contribution is 7.99. The molecular weight excluding hydrogens is 432 g/mol. The van der Waals surface area contributed by atoms with Crippen LogP contribution in [-0.4, -0.2) is 41.9 Å². The van der Waals surface area contributed by atoms with E-state index >= 15 is 0 Å². The third kappa shape index (κ3) is 5.04. The summed E-state index contributed by atoms with van der Waals surface area (Å²) in [6.07, 6.45) is 3.04. The van der Waals surface area contributed by atoms with E-state index in [0.29, 0.717) is 27.0 Å². The van der Waals surface area contributed by atoms with Gasteiger partial charge in [-0.05, 0) is 48.0 Å². The van der Waals surface area contributed by atoms with Gasteiger partial charge in [-0.15, -0.1) is 0 Å². The zero-order chi connectivity index (χ0) is 22.7. The third-order valence-electron chi connectivity index (χ3n) is 4.70. The largest absolute Gasteiger partial charge is 0.508 e. The van der Waals surface area contributed by atoms with Crippen LogP contribution in [0.1, 0.15) is 5.56 Å². The Bertz CT molecular complexity index is 1150. The van der Waals surface area contributed by atoms with Gasteiger partial charge in [0.2, 0.25) is 6.29 Å². The maximum Gasteiger partial charge on any atom is 0.231 e. The number of epoxide rings is 1. The van der Waals surface area contributed by atoms with Crippen LogP contribution in [0.15, 0.2) is 70.5 Å². The fourth-order valence-corrected chi connectivity index (χ4v) is 3.89. The Hall–Kier alpha value is -3.49. The summed E-state index contributed by atoms with van der Waals surface area (Å²) in [5, 5.41) is 29.4. The van der Waals surface area contributed by atoms with Crippen molar-refractivity contribution >= 4 is 17.8 Å². The Labute approximate surface area is 189 Å². The number of phenols is 3. The minimum atomic E-state index is -0.499. The van der Waals surface area contributed by atoms with Crippen molar-refractivity contribution in [2.75, 3.05) is 14.2 Å². The molecule has 7 nitrogen and oxygen atoms in total. The number of benzene rings is 3. The van der Waals surface area contributed by atoms with Crippen LogP contribution in [-0.2, 0) is 4.74 Å². The van der Waals surface area contributed by atoms with Gasteiger partial charge in [-0.25, -0.2) is 0 Å². The van der Waals surface area contributed by atoms with Gasteiger partial charge in [-0.1, -0.05) is 23.9 Å². The number of ether oxygens (including phenoxy) is 4. The average Bonchev–Trinajstić information content (AvgIpc) is 3.53. The lowest BCUT2D eigenvalue weighted by molar-refractivity contribution is 0.174. The van der Waals surface area contributed by atoms with E-state index in [0.717, 1.165) is 5.56 Å². The van der Waals surface area contributed by atoms with Crippen LogP contribution in [0, 0.1) is 0 Å². The molecule has 32 heavy (non-hydrogen) atoms. The topological polar surface area (TPSA) is 101 Å². The standard InChI is InChI=1S/C24H22O7S/c1-28-18-7-3-14(11-20(18)29-2)4-8-19-24(30-19)31-21-13-16(26)6-10-23(21)32-22-9-5-15(25)12-17(22)27/h3-13,19,24-27H,1-2H3. The first kappa shape index (κ1) is 21.7. The molecule has 2 atom stereocenters. The average molecular weight is 455 g/mol. The first-order valence-corrected chi connectivity index (χ1v) is 10.5. The van der Waals surface area contributed by atoms with Gasteiger partial charge < -0.3 is 34.3 Å². The van der Waals surface area contributed by atoms with E-state index in [-0.39, 0.29) is 23.4 Å². The van der Waals surface area contributed by atoms with Crippen molar-refractivity contribution in [2.45, 2.75) is 22.2 Å². The molecule has 1 heterocycles. The van der Waals surface area contributed by atoms with Crippen molar-refractivity contribution in [2.24, 2.45) is 0 Å². The highest BCUT2D eigenvalue weighted by Crippen LogP contribution is 2.43. The molecule has 1 aliphatic rings. The fourth-order valence-electron chi connectivity index (χ4n) is 3.01. The fraction of sp³-hybridized carbons (Fsp3) is 0.167. The molecule has 0 bridgehead atoms. The van der Waals surface area contributed by atoms with Crippen LogP contribution in [0.4, 0.5) is 0 Å². The van der Waals surface area contributed by atoms with Gasteiger partial charge in [0.25, 0.3) is 0 Å². The minimum Gasteiger partial charge on any atom is -0.508 e. The molecule has 0 spiro atoms. The number of rotatable bonds is 8. The minimum absolute atomic E-state index is 0.0236. The number of hydrogen-bond donors (Lipinski definition) is 3. The molecule has 3 aromatic carbocycles. The monoisotopic (exact) mass is 454 g/mol. The van der Waals surface area contributed by atoms with E-state index in [4.69, 9.17) is 18.9 Å². The van der Waals surface area contributed by atoms with Gasteiger partial charge in [-0.2, -0.15) is 0 Å². The van der Waals surface area contributed by atoms with E-state index in [1.165, 1.54) is 36.0 Å². The van der Waals surface area contributed by atoms with Gasteiger partial charge in [0, 0.05) is 12.1 Å². The van der Waals surface area contributed by atoms with Crippen molar-refractivity contribution < 1.29 is 34.3 Å². The van der Waals surface area contributed by atoms with E-state index < -0.39 is 6.29 Å². The molecule has 3 aromatic rings. The number of aromatic hydroxyl groups is 3. The quantitative estimate of drug-likeness (QED) is 0.418. The molecule has 0 radical (unpaired) electrons. The maximum absolute atomic E-state index is 10.1. The second-order valence-electron chi connectivity index (χ2n) is 6.95. The molecule has 0 amide bonds. The summed E-state index contributed by atoms with van der Waals surface area (Å²) in [4.78, 5) is 1.22. The zero-order valence-corrected chi connectivity index (χ0v) is 18.2. The first-order chi connectivity index (χ1) is 15.5. The Morgan fingerprint density at radius 1 is 0.812 bits per heavy atom. The maximum atomic E-state index is 10.1. The summed E-state index contributed by atoms with van der Waals surface area (Å²) in [6, 6.07) is 14.7. The van der Waals surface area contributed by atoms with Gasteiger partial charge in [0.05, 0.1) is 24.0 Å². The summed E-state index contributed by atoms with van der Waals surface area (Å²) in [5.41, 5.74) is 0.924. The molecule has 1 saturated heterocycles. The molecule has 8 heteroatoms. The SMILES string of the molecule is COc1ccc(C=CC2OC2Oc2cc(O)ccc2Sc2ccc(O)cc2O)cc1OC. The van der Waals surface area contributed by atoms with E-state index in [2.05, 4.69) is 0 Å². The first-order valence-electron chi connectivity index (χ1n) is 9.72. The van der Waals surface area contributed by atoms with Crippen molar-refractivity contribution in [1.82, 2.24) is 0 Å². The van der Waals surface area contributed by atoms with Gasteiger partial charge >= 0.3 is 0 Å². The lowest BCUT2D eigenvalue weighted by Crippen LogP contribution is -2.02. The lowest BCUT2D eigenvalue weighted by atomic mass is 10.2. The van der Waals surface area contributed by atoms with E-state index in [1.807, 2.05) is 30.4 Å². The van der Waals surface area contributed by atoms with Gasteiger partial charge in [0.15, 0.2) is 11.5 Å². The van der Waals surface area contributed by atoms with Crippen molar-refractivity contribution in [3.8, 4) is 34.5 Å². The van der Waals surface area contributed by atoms with Crippen LogP contribution in [0.25, 0.3) is 6.08 Å². The van der Waals surface area contributed by atoms with Crippen LogP contribution >= 0.6 is 11.8 Å². The van der Waals surface area contributed by atoms with Crippen LogP contribution in [0.5, 0.6) is 34.5 Å². The number of phenolic OH excluding ortho intramolecular Hbond substituents is 3. The molecule has 1 fully saturated rings. The van der Waals surface area contributed by atoms with E-state index in [9.17, 15) is 15.3 Å². The number of hydrogen-bond acceptors (Lipinski definition) is 8. The molecule has 4 rings (SSSR count). The van der Waals surface area contributed by atoms with E-state index in [1.54, 1.807) is 26.4 Å². The summed E-state index contributed by atoms with van der Waals surface area (Å²) < 4.78 is 22.1. The van der Waals surface area contributed by atoms with Gasteiger partial charge in [0.1, 0.15) is 29.1 Å². The third-order valence-corrected chi connectivity index (χ3v) is 5.82. The molecule has 0 aromatic heterocycles. The predicted molar refractivity (Wildman–Crippen MR) is 120 cm³/mol. The molecule has 0 aliphatic carbocycles. The molecule has 166 valence electrons. The molecule has 3 N–H and O–H groups in total. The highest BCUT2D eigenvalue weighted by atomic mass is 32.2. The molecule has 1 aliphatic heterocycles. The summed E-state index contributed by atoms with van der Waals surface area (Å²) in [6.45, 7) is 0. The van der Waals surface area contributed by atoms with Crippen LogP contribution < -0.4 is 14.2 Å². The highest BCUT2D eigenvalue weighted by Gasteiger charge is 2.39. The van der Waals surface area contributed by atoms with Crippen LogP contribution in [0.2, 0.25) is 0 Å². The normalized spacial score (nSPS) is 17.3. The molecule has 2 unspecified atom stereocenters. The predicted octanol–water partition coefficient (Wildman–Crippen LogP) is 4.79. The Morgan fingerprint density at radius 3 is 2.25 bits per heavy atom. The second kappa shape index (κ2) is 9.33. The molecular formula is C24H22O7S. The van der Waals surface area contributed by atoms with Crippen molar-refractivity contribution in [3.05, 3.63) is 66.2 Å². The Balaban J connectivity index is 1.44. The molecule has 0 saturated carbocycles. The van der Waals surface area contributed by atoms with Gasteiger partial charge in [-0.3, -0.25) is 0 Å². The van der Waals surface area contributed by atoms with Crippen molar-refractivity contribution in [1.29, 1.82) is 0 Å². The second-order valence-corrected chi connectivity index (χ2v) is 8.03. The summed E-state index contributed by atoms with van der Waals surface area (Å²) in [5.74, 6) is 1.70.